The minimum atomic E-state index is -1.09. The zero-order chi connectivity index (χ0) is 30.1. The Labute approximate surface area is 241 Å². The molecule has 0 fully saturated rings. The van der Waals surface area contributed by atoms with Crippen molar-refractivity contribution >= 4 is 23.8 Å². The first-order valence-corrected chi connectivity index (χ1v) is 14.8. The van der Waals surface area contributed by atoms with Gasteiger partial charge < -0.3 is 26.0 Å². The van der Waals surface area contributed by atoms with Gasteiger partial charge in [-0.15, -0.1) is 0 Å². The van der Waals surface area contributed by atoms with Gasteiger partial charge in [-0.05, 0) is 52.5 Å². The molecular formula is C31H52N4O5. The summed E-state index contributed by atoms with van der Waals surface area (Å²) in [7, 11) is 0. The Morgan fingerprint density at radius 2 is 1.62 bits per heavy atom. The lowest BCUT2D eigenvalue weighted by atomic mass is 9.99. The molecule has 0 aromatic heterocycles. The van der Waals surface area contributed by atoms with E-state index in [1.807, 2.05) is 31.2 Å². The van der Waals surface area contributed by atoms with E-state index in [0.29, 0.717) is 25.1 Å². The molecule has 0 radical (unpaired) electrons. The molecule has 2 atom stereocenters. The lowest BCUT2D eigenvalue weighted by Gasteiger charge is -2.34. The number of alkyl carbamates (subject to hydrolysis) is 1. The third kappa shape index (κ3) is 13.8. The SMILES string of the molecule is CCCCCCCN(C(=O)C(CCC(N)=O)NC(=O)OC(C)(C)C)C(C(=O)NCCCCC)c1cccc(C)c1. The Bertz CT molecular complexity index is 944. The summed E-state index contributed by atoms with van der Waals surface area (Å²) >= 11 is 0. The number of nitrogens with two attached hydrogens (primary N) is 1. The molecule has 0 heterocycles. The smallest absolute Gasteiger partial charge is 0.408 e. The number of aryl methyl sites for hydroxylation is 1. The Hall–Kier alpha value is -3.10. The zero-order valence-corrected chi connectivity index (χ0v) is 25.5. The Balaban J connectivity index is 3.44. The van der Waals surface area contributed by atoms with E-state index in [1.165, 1.54) is 0 Å². The number of rotatable bonds is 18. The van der Waals surface area contributed by atoms with Gasteiger partial charge >= 0.3 is 6.09 Å². The molecule has 40 heavy (non-hydrogen) atoms. The highest BCUT2D eigenvalue weighted by Gasteiger charge is 2.36. The summed E-state index contributed by atoms with van der Waals surface area (Å²) in [5, 5.41) is 5.67. The predicted molar refractivity (Wildman–Crippen MR) is 159 cm³/mol. The Morgan fingerprint density at radius 3 is 2.23 bits per heavy atom. The second-order valence-electron chi connectivity index (χ2n) is 11.5. The number of carbonyl (C=O) groups is 4. The van der Waals surface area contributed by atoms with Gasteiger partial charge in [0, 0.05) is 19.5 Å². The fourth-order valence-corrected chi connectivity index (χ4v) is 4.44. The number of carbonyl (C=O) groups excluding carboxylic acids is 4. The maximum atomic E-state index is 14.2. The molecule has 1 rings (SSSR count). The van der Waals surface area contributed by atoms with Crippen molar-refractivity contribution in [3.63, 3.8) is 0 Å². The van der Waals surface area contributed by atoms with E-state index in [1.54, 1.807) is 25.7 Å². The minimum Gasteiger partial charge on any atom is -0.444 e. The number of hydrogen-bond acceptors (Lipinski definition) is 5. The maximum absolute atomic E-state index is 14.2. The van der Waals surface area contributed by atoms with E-state index in [2.05, 4.69) is 24.5 Å². The summed E-state index contributed by atoms with van der Waals surface area (Å²) in [6, 6.07) is 5.59. The molecule has 0 bridgehead atoms. The van der Waals surface area contributed by atoms with E-state index < -0.39 is 35.6 Å². The molecule has 226 valence electrons. The molecular weight excluding hydrogens is 508 g/mol. The van der Waals surface area contributed by atoms with Crippen molar-refractivity contribution in [1.82, 2.24) is 15.5 Å². The summed E-state index contributed by atoms with van der Waals surface area (Å²) in [4.78, 5) is 53.8. The van der Waals surface area contributed by atoms with Crippen LogP contribution in [0.4, 0.5) is 4.79 Å². The first-order chi connectivity index (χ1) is 18.9. The Kier molecular flexibility index (Phi) is 16.0. The van der Waals surface area contributed by atoms with Crippen LogP contribution in [0.3, 0.4) is 0 Å². The molecule has 1 aromatic carbocycles. The number of nitrogens with one attached hydrogen (secondary N) is 2. The van der Waals surface area contributed by atoms with Crippen LogP contribution in [0.15, 0.2) is 24.3 Å². The van der Waals surface area contributed by atoms with Crippen LogP contribution in [0.1, 0.15) is 116 Å². The number of primary amides is 1. The van der Waals surface area contributed by atoms with Gasteiger partial charge in [-0.1, -0.05) is 82.2 Å². The van der Waals surface area contributed by atoms with Crippen molar-refractivity contribution in [2.75, 3.05) is 13.1 Å². The monoisotopic (exact) mass is 560 g/mol. The molecule has 1 aromatic rings. The largest absolute Gasteiger partial charge is 0.444 e. The van der Waals surface area contributed by atoms with Crippen LogP contribution in [-0.4, -0.2) is 53.4 Å². The summed E-state index contributed by atoms with van der Waals surface area (Å²) < 4.78 is 5.40. The summed E-state index contributed by atoms with van der Waals surface area (Å²) in [6.45, 7) is 12.2. The zero-order valence-electron chi connectivity index (χ0n) is 25.5. The number of unbranched alkanes of at least 4 members (excludes halogenated alkanes) is 6. The van der Waals surface area contributed by atoms with Crippen LogP contribution >= 0.6 is 0 Å². The minimum absolute atomic E-state index is 0.00159. The number of amides is 4. The van der Waals surface area contributed by atoms with Crippen LogP contribution in [0.5, 0.6) is 0 Å². The van der Waals surface area contributed by atoms with E-state index >= 15 is 0 Å². The second kappa shape index (κ2) is 18.3. The van der Waals surface area contributed by atoms with Crippen molar-refractivity contribution in [3.8, 4) is 0 Å². The average Bonchev–Trinajstić information content (AvgIpc) is 2.86. The molecule has 4 amide bonds. The molecule has 0 spiro atoms. The second-order valence-corrected chi connectivity index (χ2v) is 11.5. The lowest BCUT2D eigenvalue weighted by Crippen LogP contribution is -2.53. The fourth-order valence-electron chi connectivity index (χ4n) is 4.44. The van der Waals surface area contributed by atoms with E-state index in [9.17, 15) is 19.2 Å². The maximum Gasteiger partial charge on any atom is 0.408 e. The predicted octanol–water partition coefficient (Wildman–Crippen LogP) is 5.30. The number of nitrogens with zero attached hydrogens (tertiary/aromatic N) is 1. The van der Waals surface area contributed by atoms with Gasteiger partial charge in [0.05, 0.1) is 0 Å². The summed E-state index contributed by atoms with van der Waals surface area (Å²) in [5.41, 5.74) is 6.29. The Morgan fingerprint density at radius 1 is 0.975 bits per heavy atom. The van der Waals surface area contributed by atoms with Crippen LogP contribution in [-0.2, 0) is 19.1 Å². The van der Waals surface area contributed by atoms with Gasteiger partial charge in [0.2, 0.25) is 17.7 Å². The highest BCUT2D eigenvalue weighted by molar-refractivity contribution is 5.92. The third-order valence-corrected chi connectivity index (χ3v) is 6.45. The standard InChI is InChI=1S/C31H52N4O5/c1-7-9-11-12-14-21-35(29(38)25(18-19-26(32)36)34-30(39)40-31(4,5)6)27(24-17-15-16-23(3)22-24)28(37)33-20-13-10-8-2/h15-17,22,25,27H,7-14,18-21H2,1-6H3,(H2,32,36)(H,33,37)(H,34,39). The summed E-state index contributed by atoms with van der Waals surface area (Å²) in [6.07, 6.45) is 6.80. The van der Waals surface area contributed by atoms with Gasteiger partial charge in [0.25, 0.3) is 0 Å². The van der Waals surface area contributed by atoms with Crippen molar-refractivity contribution in [2.45, 2.75) is 123 Å². The normalized spacial score (nSPS) is 12.8. The molecule has 0 saturated heterocycles. The molecule has 9 heteroatoms. The van der Waals surface area contributed by atoms with Crippen molar-refractivity contribution in [3.05, 3.63) is 35.4 Å². The van der Waals surface area contributed by atoms with E-state index in [4.69, 9.17) is 10.5 Å². The molecule has 2 unspecified atom stereocenters. The molecule has 0 aliphatic rings. The van der Waals surface area contributed by atoms with Gasteiger partial charge in [-0.2, -0.15) is 0 Å². The van der Waals surface area contributed by atoms with Crippen molar-refractivity contribution < 1.29 is 23.9 Å². The van der Waals surface area contributed by atoms with Crippen molar-refractivity contribution in [2.24, 2.45) is 5.73 Å². The van der Waals surface area contributed by atoms with E-state index in [-0.39, 0.29) is 18.7 Å². The number of ether oxygens (including phenoxy) is 1. The van der Waals surface area contributed by atoms with Crippen LogP contribution in [0.25, 0.3) is 0 Å². The quantitative estimate of drug-likeness (QED) is 0.210. The van der Waals surface area contributed by atoms with Gasteiger partial charge in [-0.25, -0.2) is 4.79 Å². The lowest BCUT2D eigenvalue weighted by molar-refractivity contribution is -0.142. The van der Waals surface area contributed by atoms with Crippen LogP contribution < -0.4 is 16.4 Å². The highest BCUT2D eigenvalue weighted by atomic mass is 16.6. The first-order valence-electron chi connectivity index (χ1n) is 14.8. The topological polar surface area (TPSA) is 131 Å². The van der Waals surface area contributed by atoms with Crippen LogP contribution in [0, 0.1) is 6.92 Å². The van der Waals surface area contributed by atoms with E-state index in [0.717, 1.165) is 50.5 Å². The third-order valence-electron chi connectivity index (χ3n) is 6.45. The number of hydrogen-bond donors (Lipinski definition) is 3. The fraction of sp³-hybridized carbons (Fsp3) is 0.677. The van der Waals surface area contributed by atoms with Crippen molar-refractivity contribution in [1.29, 1.82) is 0 Å². The van der Waals surface area contributed by atoms with Gasteiger partial charge in [-0.3, -0.25) is 14.4 Å². The van der Waals surface area contributed by atoms with Gasteiger partial charge in [0.1, 0.15) is 17.7 Å². The van der Waals surface area contributed by atoms with Crippen LogP contribution in [0.2, 0.25) is 0 Å². The average molecular weight is 561 g/mol. The molecule has 0 aliphatic heterocycles. The number of benzene rings is 1. The van der Waals surface area contributed by atoms with Gasteiger partial charge in [0.15, 0.2) is 0 Å². The molecule has 0 saturated carbocycles. The highest BCUT2D eigenvalue weighted by Crippen LogP contribution is 2.25. The first kappa shape index (κ1) is 34.9. The molecule has 9 nitrogen and oxygen atoms in total. The molecule has 4 N–H and O–H groups in total. The summed E-state index contributed by atoms with van der Waals surface area (Å²) in [5.74, 6) is -1.30. The molecule has 0 aliphatic carbocycles.